The van der Waals surface area contributed by atoms with Crippen LogP contribution in [0.25, 0.3) is 0 Å². The number of likely N-dealkylation sites (tertiary alicyclic amines) is 1. The molecule has 2 heterocycles. The maximum atomic E-state index is 13.0. The molecule has 2 saturated heterocycles. The Hall–Kier alpha value is -0.970. The van der Waals surface area contributed by atoms with Crippen molar-refractivity contribution in [3.8, 4) is 0 Å². The SMILES string of the molecule is COC[C@@]12CCCO[C@H]1CCN(Cc1ccc(F)cc1)C2. The van der Waals surface area contributed by atoms with Gasteiger partial charge in [0.15, 0.2) is 0 Å². The fraction of sp³-hybridized carbons (Fsp3) is 0.647. The minimum absolute atomic E-state index is 0.130. The summed E-state index contributed by atoms with van der Waals surface area (Å²) in [6, 6.07) is 6.83. The predicted molar refractivity (Wildman–Crippen MR) is 79.6 cm³/mol. The Labute approximate surface area is 126 Å². The van der Waals surface area contributed by atoms with Crippen LogP contribution in [0.2, 0.25) is 0 Å². The van der Waals surface area contributed by atoms with E-state index in [0.717, 1.165) is 45.7 Å². The summed E-state index contributed by atoms with van der Waals surface area (Å²) in [6.45, 7) is 4.56. The zero-order chi connectivity index (χ0) is 14.7. The average Bonchev–Trinajstić information content (AvgIpc) is 2.49. The molecule has 0 amide bonds. The first-order chi connectivity index (χ1) is 10.2. The molecule has 2 aliphatic heterocycles. The summed E-state index contributed by atoms with van der Waals surface area (Å²) < 4.78 is 24.5. The lowest BCUT2D eigenvalue weighted by Gasteiger charge is -2.50. The largest absolute Gasteiger partial charge is 0.384 e. The number of methoxy groups -OCH3 is 1. The second kappa shape index (κ2) is 6.42. The monoisotopic (exact) mass is 293 g/mol. The molecule has 0 bridgehead atoms. The van der Waals surface area contributed by atoms with Gasteiger partial charge >= 0.3 is 0 Å². The fourth-order valence-corrected chi connectivity index (χ4v) is 3.86. The van der Waals surface area contributed by atoms with Crippen LogP contribution in [0.3, 0.4) is 0 Å². The van der Waals surface area contributed by atoms with Crippen molar-refractivity contribution in [1.29, 1.82) is 0 Å². The number of fused-ring (bicyclic) bond motifs is 1. The van der Waals surface area contributed by atoms with E-state index in [4.69, 9.17) is 9.47 Å². The normalized spacial score (nSPS) is 30.1. The first kappa shape index (κ1) is 14.9. The first-order valence-electron chi connectivity index (χ1n) is 7.79. The lowest BCUT2D eigenvalue weighted by Crippen LogP contribution is -2.56. The van der Waals surface area contributed by atoms with Crippen LogP contribution in [-0.4, -0.2) is 44.4 Å². The van der Waals surface area contributed by atoms with Crippen LogP contribution in [0.5, 0.6) is 0 Å². The number of nitrogens with zero attached hydrogens (tertiary/aromatic N) is 1. The summed E-state index contributed by atoms with van der Waals surface area (Å²) in [5.41, 5.74) is 1.30. The maximum Gasteiger partial charge on any atom is 0.123 e. The molecule has 4 heteroatoms. The maximum absolute atomic E-state index is 13.0. The van der Waals surface area contributed by atoms with Crippen molar-refractivity contribution < 1.29 is 13.9 Å². The third-order valence-electron chi connectivity index (χ3n) is 4.82. The molecular formula is C17H24FNO2. The molecule has 3 rings (SSSR count). The van der Waals surface area contributed by atoms with Crippen molar-refractivity contribution in [2.24, 2.45) is 5.41 Å². The number of rotatable bonds is 4. The molecule has 2 aliphatic rings. The van der Waals surface area contributed by atoms with Gasteiger partial charge in [0.05, 0.1) is 12.7 Å². The Kier molecular flexibility index (Phi) is 4.57. The number of hydrogen-bond acceptors (Lipinski definition) is 3. The van der Waals surface area contributed by atoms with Crippen LogP contribution in [0.1, 0.15) is 24.8 Å². The van der Waals surface area contributed by atoms with E-state index >= 15 is 0 Å². The number of ether oxygens (including phenoxy) is 2. The van der Waals surface area contributed by atoms with Crippen molar-refractivity contribution in [2.45, 2.75) is 31.9 Å². The summed E-state index contributed by atoms with van der Waals surface area (Å²) in [5, 5.41) is 0. The van der Waals surface area contributed by atoms with Crippen LogP contribution >= 0.6 is 0 Å². The van der Waals surface area contributed by atoms with E-state index in [1.807, 2.05) is 12.1 Å². The second-order valence-electron chi connectivity index (χ2n) is 6.38. The standard InChI is InChI=1S/C17H24FNO2/c1-20-13-17-8-2-10-21-16(17)7-9-19(12-17)11-14-3-5-15(18)6-4-14/h3-6,16H,2,7-13H2,1H3/t16-,17-/m0/s1. The van der Waals surface area contributed by atoms with Gasteiger partial charge in [0, 0.05) is 38.8 Å². The Morgan fingerprint density at radius 3 is 2.95 bits per heavy atom. The highest BCUT2D eigenvalue weighted by Gasteiger charge is 2.45. The summed E-state index contributed by atoms with van der Waals surface area (Å²) in [6.07, 6.45) is 3.68. The molecule has 2 atom stereocenters. The molecular weight excluding hydrogens is 269 g/mol. The third kappa shape index (κ3) is 3.28. The van der Waals surface area contributed by atoms with Crippen molar-refractivity contribution >= 4 is 0 Å². The number of benzene rings is 1. The Morgan fingerprint density at radius 2 is 2.19 bits per heavy atom. The Morgan fingerprint density at radius 1 is 1.38 bits per heavy atom. The van der Waals surface area contributed by atoms with Gasteiger partial charge in [-0.25, -0.2) is 4.39 Å². The van der Waals surface area contributed by atoms with Gasteiger partial charge in [0.2, 0.25) is 0 Å². The zero-order valence-electron chi connectivity index (χ0n) is 12.7. The van der Waals surface area contributed by atoms with Crippen molar-refractivity contribution in [1.82, 2.24) is 4.90 Å². The highest BCUT2D eigenvalue weighted by molar-refractivity contribution is 5.16. The van der Waals surface area contributed by atoms with Gasteiger partial charge in [-0.05, 0) is 37.0 Å². The molecule has 3 nitrogen and oxygen atoms in total. The fourth-order valence-electron chi connectivity index (χ4n) is 3.86. The number of piperidine rings is 1. The number of halogens is 1. The summed E-state index contributed by atoms with van der Waals surface area (Å²) in [7, 11) is 1.78. The molecule has 116 valence electrons. The molecule has 0 spiro atoms. The van der Waals surface area contributed by atoms with Gasteiger partial charge in [-0.1, -0.05) is 12.1 Å². The first-order valence-corrected chi connectivity index (χ1v) is 7.79. The van der Waals surface area contributed by atoms with Crippen LogP contribution in [0.15, 0.2) is 24.3 Å². The van der Waals surface area contributed by atoms with Crippen LogP contribution < -0.4 is 0 Å². The van der Waals surface area contributed by atoms with Gasteiger partial charge in [-0.15, -0.1) is 0 Å². The molecule has 0 aromatic heterocycles. The summed E-state index contributed by atoms with van der Waals surface area (Å²) >= 11 is 0. The third-order valence-corrected chi connectivity index (χ3v) is 4.82. The minimum atomic E-state index is -0.172. The average molecular weight is 293 g/mol. The van der Waals surface area contributed by atoms with E-state index in [0.29, 0.717) is 6.10 Å². The Balaban J connectivity index is 1.69. The minimum Gasteiger partial charge on any atom is -0.384 e. The predicted octanol–water partition coefficient (Wildman–Crippen LogP) is 2.84. The topological polar surface area (TPSA) is 21.7 Å². The molecule has 0 aliphatic carbocycles. The molecule has 2 fully saturated rings. The highest BCUT2D eigenvalue weighted by atomic mass is 19.1. The summed E-state index contributed by atoms with van der Waals surface area (Å²) in [4.78, 5) is 2.46. The quantitative estimate of drug-likeness (QED) is 0.852. The van der Waals surface area contributed by atoms with Gasteiger partial charge < -0.3 is 9.47 Å². The van der Waals surface area contributed by atoms with Crippen molar-refractivity contribution in [3.63, 3.8) is 0 Å². The van der Waals surface area contributed by atoms with E-state index < -0.39 is 0 Å². The van der Waals surface area contributed by atoms with Crippen LogP contribution in [-0.2, 0) is 16.0 Å². The molecule has 0 N–H and O–H groups in total. The van der Waals surface area contributed by atoms with Crippen molar-refractivity contribution in [3.05, 3.63) is 35.6 Å². The van der Waals surface area contributed by atoms with Gasteiger partial charge in [0.25, 0.3) is 0 Å². The molecule has 0 unspecified atom stereocenters. The molecule has 1 aromatic carbocycles. The van der Waals surface area contributed by atoms with E-state index in [1.165, 1.54) is 24.1 Å². The molecule has 21 heavy (non-hydrogen) atoms. The lowest BCUT2D eigenvalue weighted by molar-refractivity contribution is -0.149. The van der Waals surface area contributed by atoms with Gasteiger partial charge in [0.1, 0.15) is 5.82 Å². The van der Waals surface area contributed by atoms with Gasteiger partial charge in [-0.2, -0.15) is 0 Å². The van der Waals surface area contributed by atoms with Gasteiger partial charge in [-0.3, -0.25) is 4.90 Å². The van der Waals surface area contributed by atoms with E-state index in [9.17, 15) is 4.39 Å². The molecule has 1 aromatic rings. The summed E-state index contributed by atoms with van der Waals surface area (Å²) in [5.74, 6) is -0.172. The van der Waals surface area contributed by atoms with Crippen LogP contribution in [0, 0.1) is 11.2 Å². The smallest absolute Gasteiger partial charge is 0.123 e. The lowest BCUT2D eigenvalue weighted by atomic mass is 9.73. The van der Waals surface area contributed by atoms with E-state index in [2.05, 4.69) is 4.90 Å². The van der Waals surface area contributed by atoms with Crippen molar-refractivity contribution in [2.75, 3.05) is 33.4 Å². The van der Waals surface area contributed by atoms with Crippen LogP contribution in [0.4, 0.5) is 4.39 Å². The molecule has 0 radical (unpaired) electrons. The highest BCUT2D eigenvalue weighted by Crippen LogP contribution is 2.40. The Bertz CT molecular complexity index is 460. The van der Waals surface area contributed by atoms with E-state index in [1.54, 1.807) is 7.11 Å². The van der Waals surface area contributed by atoms with E-state index in [-0.39, 0.29) is 11.2 Å². The zero-order valence-corrected chi connectivity index (χ0v) is 12.7. The number of hydrogen-bond donors (Lipinski definition) is 0. The second-order valence-corrected chi connectivity index (χ2v) is 6.38. The molecule has 0 saturated carbocycles.